The van der Waals surface area contributed by atoms with E-state index in [-0.39, 0.29) is 11.8 Å². The van der Waals surface area contributed by atoms with Gasteiger partial charge in [0, 0.05) is 56.0 Å². The molecule has 1 aliphatic rings. The number of hydrogen-bond donors (Lipinski definition) is 1. The third-order valence-electron chi connectivity index (χ3n) is 7.48. The molecule has 0 aliphatic carbocycles. The number of ether oxygens (including phenoxy) is 2. The van der Waals surface area contributed by atoms with E-state index in [0.717, 1.165) is 71.0 Å². The summed E-state index contributed by atoms with van der Waals surface area (Å²) in [5.41, 5.74) is 3.19. The fourth-order valence-corrected chi connectivity index (χ4v) is 5.23. The standard InChI is InChI=1S/C30H34N4O4/c1-20-26(29(35)31-12-15-37-2)8-9-28-27(20)19-34(32-28)18-21-10-13-33(14-11-21)30(36)24-5-4-23-17-25(38-3)7-6-22(23)16-24/h4-9,16-17,19,21H,10-15,18H2,1-3H3,(H,31,35). The molecule has 3 aromatic carbocycles. The van der Waals surface area contributed by atoms with Gasteiger partial charge < -0.3 is 19.7 Å². The van der Waals surface area contributed by atoms with Crippen molar-refractivity contribution in [2.75, 3.05) is 40.5 Å². The first-order chi connectivity index (χ1) is 18.5. The van der Waals surface area contributed by atoms with E-state index < -0.39 is 0 Å². The van der Waals surface area contributed by atoms with Gasteiger partial charge in [0.2, 0.25) is 0 Å². The van der Waals surface area contributed by atoms with E-state index in [9.17, 15) is 9.59 Å². The Morgan fingerprint density at radius 3 is 2.55 bits per heavy atom. The van der Waals surface area contributed by atoms with Gasteiger partial charge in [-0.05, 0) is 78.4 Å². The first-order valence-electron chi connectivity index (χ1n) is 13.1. The number of aromatic nitrogens is 2. The Kier molecular flexibility index (Phi) is 7.60. The Morgan fingerprint density at radius 1 is 1.03 bits per heavy atom. The lowest BCUT2D eigenvalue weighted by Crippen LogP contribution is -2.39. The number of carbonyl (C=O) groups excluding carboxylic acids is 2. The average molecular weight is 515 g/mol. The Morgan fingerprint density at radius 2 is 1.79 bits per heavy atom. The second-order valence-electron chi connectivity index (χ2n) is 9.93. The molecule has 5 rings (SSSR count). The van der Waals surface area contributed by atoms with Crippen molar-refractivity contribution in [3.8, 4) is 5.75 Å². The van der Waals surface area contributed by atoms with Crippen LogP contribution in [-0.4, -0.2) is 67.0 Å². The number of carbonyl (C=O) groups is 2. The molecule has 0 spiro atoms. The van der Waals surface area contributed by atoms with Gasteiger partial charge in [0.25, 0.3) is 11.8 Å². The lowest BCUT2D eigenvalue weighted by Gasteiger charge is -2.32. The lowest BCUT2D eigenvalue weighted by atomic mass is 9.96. The van der Waals surface area contributed by atoms with Gasteiger partial charge in [0.05, 0.1) is 19.2 Å². The smallest absolute Gasteiger partial charge is 0.253 e. The molecule has 38 heavy (non-hydrogen) atoms. The van der Waals surface area contributed by atoms with E-state index >= 15 is 0 Å². The summed E-state index contributed by atoms with van der Waals surface area (Å²) in [6, 6.07) is 15.5. The van der Waals surface area contributed by atoms with E-state index in [2.05, 4.69) is 5.32 Å². The monoisotopic (exact) mass is 514 g/mol. The predicted octanol–water partition coefficient (Wildman–Crippen LogP) is 4.44. The maximum Gasteiger partial charge on any atom is 0.253 e. The number of aryl methyl sites for hydroxylation is 1. The van der Waals surface area contributed by atoms with Crippen molar-refractivity contribution in [1.29, 1.82) is 0 Å². The van der Waals surface area contributed by atoms with E-state index in [4.69, 9.17) is 14.6 Å². The van der Waals surface area contributed by atoms with Crippen LogP contribution in [0.15, 0.2) is 54.7 Å². The zero-order valence-corrected chi connectivity index (χ0v) is 22.2. The van der Waals surface area contributed by atoms with Crippen molar-refractivity contribution in [2.45, 2.75) is 26.3 Å². The summed E-state index contributed by atoms with van der Waals surface area (Å²) in [7, 11) is 3.27. The van der Waals surface area contributed by atoms with E-state index in [1.165, 1.54) is 0 Å². The van der Waals surface area contributed by atoms with E-state index in [1.54, 1.807) is 14.2 Å². The Labute approximate surface area is 222 Å². The molecule has 1 aromatic heterocycles. The minimum absolute atomic E-state index is 0.0814. The molecular weight excluding hydrogens is 480 g/mol. The number of nitrogens with one attached hydrogen (secondary N) is 1. The number of amides is 2. The first-order valence-corrected chi connectivity index (χ1v) is 13.1. The Bertz CT molecular complexity index is 1470. The van der Waals surface area contributed by atoms with Crippen molar-refractivity contribution in [3.63, 3.8) is 0 Å². The number of likely N-dealkylation sites (tertiary alicyclic amines) is 1. The van der Waals surface area contributed by atoms with Crippen LogP contribution in [0.25, 0.3) is 21.7 Å². The summed E-state index contributed by atoms with van der Waals surface area (Å²) < 4.78 is 12.3. The molecule has 0 unspecified atom stereocenters. The summed E-state index contributed by atoms with van der Waals surface area (Å²) in [5.74, 6) is 1.23. The molecule has 2 heterocycles. The van der Waals surface area contributed by atoms with Gasteiger partial charge >= 0.3 is 0 Å². The summed E-state index contributed by atoms with van der Waals surface area (Å²) in [6.45, 7) is 5.18. The summed E-state index contributed by atoms with van der Waals surface area (Å²) in [4.78, 5) is 27.7. The number of hydrogen-bond acceptors (Lipinski definition) is 5. The highest BCUT2D eigenvalue weighted by Crippen LogP contribution is 2.26. The molecule has 198 valence electrons. The maximum absolute atomic E-state index is 13.2. The topological polar surface area (TPSA) is 85.7 Å². The number of piperidine rings is 1. The molecule has 8 nitrogen and oxygen atoms in total. The Balaban J connectivity index is 1.20. The van der Waals surface area contributed by atoms with Gasteiger partial charge in [0.1, 0.15) is 5.75 Å². The third kappa shape index (κ3) is 5.36. The first kappa shape index (κ1) is 25.7. The Hall–Kier alpha value is -3.91. The maximum atomic E-state index is 13.2. The van der Waals surface area contributed by atoms with Crippen LogP contribution >= 0.6 is 0 Å². The van der Waals surface area contributed by atoms with E-state index in [1.807, 2.05) is 71.2 Å². The summed E-state index contributed by atoms with van der Waals surface area (Å²) in [6.07, 6.45) is 3.90. The van der Waals surface area contributed by atoms with Crippen LogP contribution in [0.5, 0.6) is 5.75 Å². The molecule has 1 saturated heterocycles. The van der Waals surface area contributed by atoms with Crippen LogP contribution in [0, 0.1) is 12.8 Å². The quantitative estimate of drug-likeness (QED) is 0.352. The van der Waals surface area contributed by atoms with E-state index in [0.29, 0.717) is 24.6 Å². The summed E-state index contributed by atoms with van der Waals surface area (Å²) >= 11 is 0. The normalized spacial score (nSPS) is 14.2. The largest absolute Gasteiger partial charge is 0.497 e. The van der Waals surface area contributed by atoms with Gasteiger partial charge in [-0.1, -0.05) is 12.1 Å². The molecule has 1 aliphatic heterocycles. The van der Waals surface area contributed by atoms with Crippen LogP contribution in [-0.2, 0) is 11.3 Å². The SMILES string of the molecule is COCCNC(=O)c1ccc2nn(CC3CCN(C(=O)c4ccc5cc(OC)ccc5c4)CC3)cc2c1C. The van der Waals surface area contributed by atoms with Crippen molar-refractivity contribution in [2.24, 2.45) is 5.92 Å². The fourth-order valence-electron chi connectivity index (χ4n) is 5.23. The molecule has 0 atom stereocenters. The summed E-state index contributed by atoms with van der Waals surface area (Å²) in [5, 5.41) is 10.7. The van der Waals surface area contributed by atoms with Crippen LogP contribution in [0.3, 0.4) is 0 Å². The molecule has 8 heteroatoms. The van der Waals surface area contributed by atoms with Crippen molar-refractivity contribution in [3.05, 3.63) is 71.4 Å². The van der Waals surface area contributed by atoms with Gasteiger partial charge in [-0.3, -0.25) is 14.3 Å². The number of methoxy groups -OCH3 is 2. The predicted molar refractivity (Wildman–Crippen MR) is 148 cm³/mol. The molecular formula is C30H34N4O4. The minimum atomic E-state index is -0.0996. The van der Waals surface area contributed by atoms with Crippen LogP contribution in [0.4, 0.5) is 0 Å². The van der Waals surface area contributed by atoms with Crippen LogP contribution in [0.1, 0.15) is 39.1 Å². The van der Waals surface area contributed by atoms with Gasteiger partial charge in [-0.2, -0.15) is 5.10 Å². The van der Waals surface area contributed by atoms with Crippen LogP contribution < -0.4 is 10.1 Å². The van der Waals surface area contributed by atoms with Gasteiger partial charge in [0.15, 0.2) is 0 Å². The second-order valence-corrected chi connectivity index (χ2v) is 9.93. The molecule has 0 radical (unpaired) electrons. The number of benzene rings is 3. The van der Waals surface area contributed by atoms with Crippen molar-refractivity contribution >= 4 is 33.5 Å². The van der Waals surface area contributed by atoms with Crippen molar-refractivity contribution in [1.82, 2.24) is 20.0 Å². The zero-order valence-electron chi connectivity index (χ0n) is 22.2. The molecule has 0 saturated carbocycles. The third-order valence-corrected chi connectivity index (χ3v) is 7.48. The highest BCUT2D eigenvalue weighted by molar-refractivity contribution is 6.00. The number of rotatable bonds is 8. The van der Waals surface area contributed by atoms with Crippen LogP contribution in [0.2, 0.25) is 0 Å². The average Bonchev–Trinajstić information content (AvgIpc) is 3.36. The molecule has 4 aromatic rings. The van der Waals surface area contributed by atoms with Gasteiger partial charge in [-0.25, -0.2) is 0 Å². The molecule has 0 bridgehead atoms. The fraction of sp³-hybridized carbons (Fsp3) is 0.367. The minimum Gasteiger partial charge on any atom is -0.497 e. The second kappa shape index (κ2) is 11.2. The van der Waals surface area contributed by atoms with Gasteiger partial charge in [-0.15, -0.1) is 0 Å². The molecule has 2 amide bonds. The number of nitrogens with zero attached hydrogens (tertiary/aromatic N) is 3. The molecule has 1 N–H and O–H groups in total. The highest BCUT2D eigenvalue weighted by atomic mass is 16.5. The lowest BCUT2D eigenvalue weighted by molar-refractivity contribution is 0.0681. The van der Waals surface area contributed by atoms with Crippen molar-refractivity contribution < 1.29 is 19.1 Å². The highest BCUT2D eigenvalue weighted by Gasteiger charge is 2.24. The molecule has 1 fully saturated rings. The number of fused-ring (bicyclic) bond motifs is 2. The zero-order chi connectivity index (χ0) is 26.6.